The summed E-state index contributed by atoms with van der Waals surface area (Å²) in [6, 6.07) is 0. The maximum Gasteiger partial charge on any atom is 0.302 e. The lowest BCUT2D eigenvalue weighted by molar-refractivity contribution is -0.159. The second kappa shape index (κ2) is 9.83. The van der Waals surface area contributed by atoms with Crippen LogP contribution in [-0.4, -0.2) is 44.0 Å². The summed E-state index contributed by atoms with van der Waals surface area (Å²) in [4.78, 5) is 10.9. The van der Waals surface area contributed by atoms with E-state index in [4.69, 9.17) is 13.9 Å². The van der Waals surface area contributed by atoms with Gasteiger partial charge in [-0.2, -0.15) is 0 Å². The van der Waals surface area contributed by atoms with Crippen LogP contribution in [0.3, 0.4) is 0 Å². The summed E-state index contributed by atoms with van der Waals surface area (Å²) >= 11 is 0. The molecular weight excluding hydrogens is 348 g/mol. The lowest BCUT2D eigenvalue weighted by atomic mass is 10.1. The normalized spacial score (nSPS) is 25.5. The summed E-state index contributed by atoms with van der Waals surface area (Å²) in [5.74, 6) is -0.239. The van der Waals surface area contributed by atoms with Gasteiger partial charge in [0.15, 0.2) is 14.6 Å². The van der Waals surface area contributed by atoms with E-state index in [9.17, 15) is 9.90 Å². The van der Waals surface area contributed by atoms with E-state index in [1.165, 1.54) is 6.92 Å². The van der Waals surface area contributed by atoms with E-state index in [0.29, 0.717) is 0 Å². The van der Waals surface area contributed by atoms with Crippen LogP contribution < -0.4 is 0 Å². The molecule has 1 aliphatic rings. The third-order valence-electron chi connectivity index (χ3n) is 4.98. The van der Waals surface area contributed by atoms with Crippen molar-refractivity contribution in [1.29, 1.82) is 0 Å². The summed E-state index contributed by atoms with van der Waals surface area (Å²) in [6.45, 7) is 14.2. The molecule has 1 N–H and O–H groups in total. The molecule has 0 aromatic heterocycles. The van der Waals surface area contributed by atoms with Gasteiger partial charge in [-0.1, -0.05) is 45.1 Å². The first kappa shape index (κ1) is 23.1. The van der Waals surface area contributed by atoms with Crippen molar-refractivity contribution in [2.24, 2.45) is 0 Å². The smallest absolute Gasteiger partial charge is 0.302 e. The molecule has 1 aliphatic heterocycles. The van der Waals surface area contributed by atoms with Gasteiger partial charge in [-0.3, -0.25) is 4.79 Å². The molecule has 4 atom stereocenters. The molecule has 6 heteroatoms. The second-order valence-corrected chi connectivity index (χ2v) is 13.3. The molecule has 0 saturated heterocycles. The van der Waals surface area contributed by atoms with E-state index in [-0.39, 0.29) is 23.2 Å². The van der Waals surface area contributed by atoms with Crippen LogP contribution in [0, 0.1) is 0 Å². The van der Waals surface area contributed by atoms with Crippen molar-refractivity contribution in [3.05, 3.63) is 24.3 Å². The third-order valence-corrected chi connectivity index (χ3v) is 9.45. The first-order valence-electron chi connectivity index (χ1n) is 9.46. The zero-order valence-corrected chi connectivity index (χ0v) is 18.3. The molecule has 0 aromatic carbocycles. The average Bonchev–Trinajstić information content (AvgIpc) is 2.47. The molecule has 1 rings (SSSR count). The summed E-state index contributed by atoms with van der Waals surface area (Å²) < 4.78 is 17.0. The van der Waals surface area contributed by atoms with Crippen molar-refractivity contribution >= 4 is 14.3 Å². The fourth-order valence-electron chi connectivity index (χ4n) is 2.42. The standard InChI is InChI=1S/C20H36O5Si/c1-15(23-16(2)21)11-9-8-10-12-17-13-14-18(19(22)24-17)25-26(6,7)20(3,4)5/h10,12-15,17-19,22H,8-9,11H2,1-7H3/b12-10+/t15-,17-,18-,19?/m0/s1. The minimum atomic E-state index is -1.96. The molecule has 0 bridgehead atoms. The molecule has 150 valence electrons. The van der Waals surface area contributed by atoms with Crippen LogP contribution in [0.1, 0.15) is 53.9 Å². The highest BCUT2D eigenvalue weighted by Crippen LogP contribution is 2.38. The Morgan fingerprint density at radius 2 is 2.00 bits per heavy atom. The summed E-state index contributed by atoms with van der Waals surface area (Å²) in [7, 11) is -1.96. The molecule has 0 amide bonds. The lowest BCUT2D eigenvalue weighted by Gasteiger charge is -2.40. The Morgan fingerprint density at radius 1 is 1.35 bits per heavy atom. The Balaban J connectivity index is 2.43. The van der Waals surface area contributed by atoms with Gasteiger partial charge in [0.2, 0.25) is 0 Å². The molecule has 26 heavy (non-hydrogen) atoms. The summed E-state index contributed by atoms with van der Waals surface area (Å²) in [5, 5.41) is 10.4. The number of aliphatic hydroxyl groups excluding tert-OH is 1. The van der Waals surface area contributed by atoms with Gasteiger partial charge in [-0.05, 0) is 44.3 Å². The molecule has 0 aliphatic carbocycles. The Labute approximate surface area is 159 Å². The van der Waals surface area contributed by atoms with E-state index in [1.54, 1.807) is 0 Å². The molecule has 0 radical (unpaired) electrons. The quantitative estimate of drug-likeness (QED) is 0.292. The zero-order chi connectivity index (χ0) is 20.0. The number of hydrogen-bond donors (Lipinski definition) is 1. The van der Waals surface area contributed by atoms with E-state index in [1.807, 2.05) is 31.2 Å². The largest absolute Gasteiger partial charge is 0.463 e. The van der Waals surface area contributed by atoms with Gasteiger partial charge in [0.25, 0.3) is 0 Å². The summed E-state index contributed by atoms with van der Waals surface area (Å²) in [5.41, 5.74) is 0. The van der Waals surface area contributed by atoms with E-state index in [0.717, 1.165) is 19.3 Å². The van der Waals surface area contributed by atoms with Crippen molar-refractivity contribution in [1.82, 2.24) is 0 Å². The van der Waals surface area contributed by atoms with Crippen LogP contribution in [0.25, 0.3) is 0 Å². The number of carbonyl (C=O) groups excluding carboxylic acids is 1. The highest BCUT2D eigenvalue weighted by molar-refractivity contribution is 6.74. The maximum absolute atomic E-state index is 10.9. The SMILES string of the molecule is CC(=O)O[C@@H](C)CCC/C=C/[C@H]1C=C[C@H](O[Si](C)(C)C(C)(C)C)C(O)O1. The van der Waals surface area contributed by atoms with E-state index < -0.39 is 20.7 Å². The van der Waals surface area contributed by atoms with Gasteiger partial charge >= 0.3 is 5.97 Å². The second-order valence-electron chi connectivity index (χ2n) is 8.50. The Bertz CT molecular complexity index is 507. The molecule has 0 fully saturated rings. The number of esters is 1. The van der Waals surface area contributed by atoms with Crippen LogP contribution in [0.2, 0.25) is 18.1 Å². The van der Waals surface area contributed by atoms with Crippen LogP contribution in [-0.2, 0) is 18.7 Å². The van der Waals surface area contributed by atoms with Gasteiger partial charge in [-0.25, -0.2) is 0 Å². The zero-order valence-electron chi connectivity index (χ0n) is 17.3. The maximum atomic E-state index is 10.9. The van der Waals surface area contributed by atoms with Crippen LogP contribution >= 0.6 is 0 Å². The number of rotatable bonds is 8. The monoisotopic (exact) mass is 384 g/mol. The van der Waals surface area contributed by atoms with Crippen molar-refractivity contribution < 1.29 is 23.8 Å². The first-order chi connectivity index (χ1) is 11.9. The fourth-order valence-corrected chi connectivity index (χ4v) is 3.65. The fraction of sp³-hybridized carbons (Fsp3) is 0.750. The highest BCUT2D eigenvalue weighted by Gasteiger charge is 2.41. The van der Waals surface area contributed by atoms with Gasteiger partial charge in [0, 0.05) is 6.92 Å². The van der Waals surface area contributed by atoms with Gasteiger partial charge in [0.1, 0.15) is 6.10 Å². The Morgan fingerprint density at radius 3 is 2.54 bits per heavy atom. The van der Waals surface area contributed by atoms with Crippen molar-refractivity contribution in [3.63, 3.8) is 0 Å². The third kappa shape index (κ3) is 7.74. The van der Waals surface area contributed by atoms with Crippen LogP contribution in [0.15, 0.2) is 24.3 Å². The van der Waals surface area contributed by atoms with Crippen molar-refractivity contribution in [3.8, 4) is 0 Å². The topological polar surface area (TPSA) is 65.0 Å². The van der Waals surface area contributed by atoms with Gasteiger partial charge < -0.3 is 19.0 Å². The molecular formula is C20H36O5Si. The molecule has 0 aromatic rings. The number of ether oxygens (including phenoxy) is 2. The van der Waals surface area contributed by atoms with Crippen LogP contribution in [0.4, 0.5) is 0 Å². The predicted molar refractivity (Wildman–Crippen MR) is 106 cm³/mol. The Hall–Kier alpha value is -0.953. The first-order valence-corrected chi connectivity index (χ1v) is 12.4. The van der Waals surface area contributed by atoms with Gasteiger partial charge in [-0.15, -0.1) is 0 Å². The molecule has 0 spiro atoms. The van der Waals surface area contributed by atoms with Crippen LogP contribution in [0.5, 0.6) is 0 Å². The molecule has 5 nitrogen and oxygen atoms in total. The molecule has 1 unspecified atom stereocenters. The average molecular weight is 385 g/mol. The Kier molecular flexibility index (Phi) is 8.73. The van der Waals surface area contributed by atoms with E-state index in [2.05, 4.69) is 33.9 Å². The van der Waals surface area contributed by atoms with E-state index >= 15 is 0 Å². The number of hydrogen-bond acceptors (Lipinski definition) is 5. The number of aliphatic hydroxyl groups is 1. The number of unbranched alkanes of at least 4 members (excludes halogenated alkanes) is 1. The molecule has 1 heterocycles. The molecule has 0 saturated carbocycles. The minimum absolute atomic E-state index is 0.0539. The van der Waals surface area contributed by atoms with Crippen molar-refractivity contribution in [2.45, 2.75) is 96.6 Å². The predicted octanol–water partition coefficient (Wildman–Crippen LogP) is 4.33. The lowest BCUT2D eigenvalue weighted by Crippen LogP contribution is -2.48. The highest BCUT2D eigenvalue weighted by atomic mass is 28.4. The summed E-state index contributed by atoms with van der Waals surface area (Å²) in [6.07, 6.45) is 8.80. The number of allylic oxidation sites excluding steroid dienone is 1. The minimum Gasteiger partial charge on any atom is -0.463 e. The number of carbonyl (C=O) groups is 1. The van der Waals surface area contributed by atoms with Crippen molar-refractivity contribution in [2.75, 3.05) is 0 Å². The van der Waals surface area contributed by atoms with Gasteiger partial charge in [0.05, 0.1) is 12.2 Å².